The van der Waals surface area contributed by atoms with Crippen LogP contribution in [0.15, 0.2) is 0 Å². The highest BCUT2D eigenvalue weighted by molar-refractivity contribution is 4.75. The van der Waals surface area contributed by atoms with Crippen molar-refractivity contribution in [2.24, 2.45) is 17.1 Å². The summed E-state index contributed by atoms with van der Waals surface area (Å²) in [7, 11) is 0. The summed E-state index contributed by atoms with van der Waals surface area (Å²) in [5, 5.41) is 0. The van der Waals surface area contributed by atoms with Gasteiger partial charge in [-0.2, -0.15) is 0 Å². The molecule has 0 aromatic rings. The molecule has 1 nitrogen and oxygen atoms in total. The average Bonchev–Trinajstić information content (AvgIpc) is 1.87. The van der Waals surface area contributed by atoms with Gasteiger partial charge in [-0.1, -0.05) is 41.0 Å². The lowest BCUT2D eigenvalue weighted by Gasteiger charge is -2.28. The topological polar surface area (TPSA) is 26.0 Å². The van der Waals surface area contributed by atoms with Gasteiger partial charge in [0.1, 0.15) is 0 Å². The van der Waals surface area contributed by atoms with Crippen molar-refractivity contribution < 1.29 is 0 Å². The van der Waals surface area contributed by atoms with E-state index in [0.717, 1.165) is 6.42 Å². The van der Waals surface area contributed by atoms with E-state index in [1.54, 1.807) is 0 Å². The molecule has 0 aromatic heterocycles. The van der Waals surface area contributed by atoms with E-state index >= 15 is 0 Å². The Morgan fingerprint density at radius 2 is 1.73 bits per heavy atom. The predicted molar refractivity (Wildman–Crippen MR) is 51.5 cm³/mol. The van der Waals surface area contributed by atoms with Gasteiger partial charge in [0.25, 0.3) is 0 Å². The van der Waals surface area contributed by atoms with Crippen LogP contribution in [0.25, 0.3) is 0 Å². The molecule has 1 unspecified atom stereocenters. The first kappa shape index (κ1) is 11.0. The SMILES string of the molecule is CCC(C)(C)CC(N)C(C)C. The van der Waals surface area contributed by atoms with Crippen molar-refractivity contribution in [3.8, 4) is 0 Å². The van der Waals surface area contributed by atoms with Gasteiger partial charge in [0.05, 0.1) is 0 Å². The van der Waals surface area contributed by atoms with Crippen LogP contribution in [0.1, 0.15) is 47.5 Å². The minimum Gasteiger partial charge on any atom is -0.327 e. The van der Waals surface area contributed by atoms with Crippen LogP contribution < -0.4 is 5.73 Å². The highest BCUT2D eigenvalue weighted by Gasteiger charge is 2.20. The second-order valence-electron chi connectivity index (χ2n) is 4.63. The van der Waals surface area contributed by atoms with Crippen LogP contribution in [0.3, 0.4) is 0 Å². The van der Waals surface area contributed by atoms with Crippen LogP contribution in [-0.4, -0.2) is 6.04 Å². The van der Waals surface area contributed by atoms with Crippen LogP contribution in [0, 0.1) is 11.3 Å². The Hall–Kier alpha value is -0.0400. The first-order valence-corrected chi connectivity index (χ1v) is 4.64. The molecule has 0 rings (SSSR count). The second-order valence-corrected chi connectivity index (χ2v) is 4.63. The number of hydrogen-bond acceptors (Lipinski definition) is 1. The first-order valence-electron chi connectivity index (χ1n) is 4.64. The summed E-state index contributed by atoms with van der Waals surface area (Å²) in [5.74, 6) is 0.612. The fourth-order valence-electron chi connectivity index (χ4n) is 1.02. The zero-order chi connectivity index (χ0) is 9.07. The third-order valence-corrected chi connectivity index (χ3v) is 2.60. The molecule has 0 aliphatic heterocycles. The molecule has 0 heterocycles. The molecule has 0 spiro atoms. The third kappa shape index (κ3) is 4.41. The van der Waals surface area contributed by atoms with Gasteiger partial charge in [-0.25, -0.2) is 0 Å². The van der Waals surface area contributed by atoms with E-state index in [1.165, 1.54) is 6.42 Å². The Kier molecular flexibility index (Phi) is 4.09. The lowest BCUT2D eigenvalue weighted by atomic mass is 9.81. The highest BCUT2D eigenvalue weighted by atomic mass is 14.6. The van der Waals surface area contributed by atoms with E-state index in [4.69, 9.17) is 5.73 Å². The molecule has 0 aliphatic carbocycles. The van der Waals surface area contributed by atoms with Crippen LogP contribution in [0.4, 0.5) is 0 Å². The smallest absolute Gasteiger partial charge is 0.00669 e. The summed E-state index contributed by atoms with van der Waals surface area (Å²) in [6, 6.07) is 0.366. The fourth-order valence-corrected chi connectivity index (χ4v) is 1.02. The number of rotatable bonds is 4. The number of hydrogen-bond donors (Lipinski definition) is 1. The van der Waals surface area contributed by atoms with Gasteiger partial charge < -0.3 is 5.73 Å². The second kappa shape index (κ2) is 4.10. The molecule has 2 N–H and O–H groups in total. The van der Waals surface area contributed by atoms with Gasteiger partial charge >= 0.3 is 0 Å². The van der Waals surface area contributed by atoms with E-state index in [1.807, 2.05) is 0 Å². The van der Waals surface area contributed by atoms with Crippen molar-refractivity contribution in [2.75, 3.05) is 0 Å². The quantitative estimate of drug-likeness (QED) is 0.667. The molecule has 0 fully saturated rings. The summed E-state index contributed by atoms with van der Waals surface area (Å²) in [4.78, 5) is 0. The molecule has 0 amide bonds. The standard InChI is InChI=1S/C10H23N/c1-6-10(4,5)7-9(11)8(2)3/h8-9H,6-7,11H2,1-5H3. The molecular formula is C10H23N. The lowest BCUT2D eigenvalue weighted by Crippen LogP contribution is -2.32. The molecule has 68 valence electrons. The lowest BCUT2D eigenvalue weighted by molar-refractivity contribution is 0.265. The van der Waals surface area contributed by atoms with E-state index in [0.29, 0.717) is 17.4 Å². The molecule has 0 saturated carbocycles. The maximum absolute atomic E-state index is 5.98. The minimum atomic E-state index is 0.366. The molecule has 0 radical (unpaired) electrons. The molecule has 0 bridgehead atoms. The van der Waals surface area contributed by atoms with Gasteiger partial charge in [0.15, 0.2) is 0 Å². The van der Waals surface area contributed by atoms with Crippen LogP contribution in [-0.2, 0) is 0 Å². The largest absolute Gasteiger partial charge is 0.327 e. The van der Waals surface area contributed by atoms with E-state index < -0.39 is 0 Å². The Labute approximate surface area is 71.4 Å². The van der Waals surface area contributed by atoms with Crippen LogP contribution >= 0.6 is 0 Å². The van der Waals surface area contributed by atoms with Crippen molar-refractivity contribution in [1.82, 2.24) is 0 Å². The minimum absolute atomic E-state index is 0.366. The van der Waals surface area contributed by atoms with E-state index in [2.05, 4.69) is 34.6 Å². The fraction of sp³-hybridized carbons (Fsp3) is 1.00. The van der Waals surface area contributed by atoms with Crippen molar-refractivity contribution in [1.29, 1.82) is 0 Å². The molecule has 0 aromatic carbocycles. The molecule has 0 aliphatic rings. The Balaban J connectivity index is 3.83. The predicted octanol–water partition coefficient (Wildman–Crippen LogP) is 2.80. The summed E-state index contributed by atoms with van der Waals surface area (Å²) >= 11 is 0. The Morgan fingerprint density at radius 1 is 1.27 bits per heavy atom. The summed E-state index contributed by atoms with van der Waals surface area (Å²) in [6.07, 6.45) is 2.36. The maximum Gasteiger partial charge on any atom is 0.00669 e. The molecular weight excluding hydrogens is 134 g/mol. The Morgan fingerprint density at radius 3 is 2.00 bits per heavy atom. The zero-order valence-electron chi connectivity index (χ0n) is 8.65. The van der Waals surface area contributed by atoms with Crippen molar-refractivity contribution in [3.63, 3.8) is 0 Å². The summed E-state index contributed by atoms with van der Waals surface area (Å²) in [6.45, 7) is 11.2. The van der Waals surface area contributed by atoms with Crippen molar-refractivity contribution in [2.45, 2.75) is 53.5 Å². The maximum atomic E-state index is 5.98. The summed E-state index contributed by atoms with van der Waals surface area (Å²) < 4.78 is 0. The van der Waals surface area contributed by atoms with E-state index in [9.17, 15) is 0 Å². The monoisotopic (exact) mass is 157 g/mol. The van der Waals surface area contributed by atoms with E-state index in [-0.39, 0.29) is 0 Å². The van der Waals surface area contributed by atoms with Crippen LogP contribution in [0.2, 0.25) is 0 Å². The van der Waals surface area contributed by atoms with Gasteiger partial charge in [-0.05, 0) is 17.8 Å². The van der Waals surface area contributed by atoms with Gasteiger partial charge in [0, 0.05) is 6.04 Å². The molecule has 11 heavy (non-hydrogen) atoms. The molecule has 1 heteroatoms. The normalized spacial score (nSPS) is 15.5. The number of nitrogens with two attached hydrogens (primary N) is 1. The van der Waals surface area contributed by atoms with Crippen molar-refractivity contribution >= 4 is 0 Å². The summed E-state index contributed by atoms with van der Waals surface area (Å²) in [5.41, 5.74) is 6.40. The zero-order valence-corrected chi connectivity index (χ0v) is 8.65. The van der Waals surface area contributed by atoms with Crippen molar-refractivity contribution in [3.05, 3.63) is 0 Å². The van der Waals surface area contributed by atoms with Gasteiger partial charge in [-0.3, -0.25) is 0 Å². The molecule has 0 saturated heterocycles. The van der Waals surface area contributed by atoms with Gasteiger partial charge in [0.2, 0.25) is 0 Å². The molecule has 1 atom stereocenters. The van der Waals surface area contributed by atoms with Crippen LogP contribution in [0.5, 0.6) is 0 Å². The Bertz CT molecular complexity index is 105. The van der Waals surface area contributed by atoms with Gasteiger partial charge in [-0.15, -0.1) is 0 Å². The third-order valence-electron chi connectivity index (χ3n) is 2.60. The highest BCUT2D eigenvalue weighted by Crippen LogP contribution is 2.27. The first-order chi connectivity index (χ1) is 4.89. The average molecular weight is 157 g/mol.